The predicted octanol–water partition coefficient (Wildman–Crippen LogP) is 5.09. The molecule has 160 valence electrons. The number of aromatic nitrogens is 2. The minimum Gasteiger partial charge on any atom is -0.341 e. The van der Waals surface area contributed by atoms with E-state index in [0.29, 0.717) is 21.9 Å². The number of aryl methyl sites for hydroxylation is 2. The van der Waals surface area contributed by atoms with E-state index in [-0.39, 0.29) is 17.2 Å². The molecule has 0 radical (unpaired) electrons. The number of amides is 1. The van der Waals surface area contributed by atoms with E-state index < -0.39 is 0 Å². The largest absolute Gasteiger partial charge is 0.341 e. The highest BCUT2D eigenvalue weighted by Crippen LogP contribution is 2.34. The van der Waals surface area contributed by atoms with Gasteiger partial charge in [0, 0.05) is 36.5 Å². The van der Waals surface area contributed by atoms with E-state index in [0.717, 1.165) is 16.0 Å². The minimum atomic E-state index is -0.0757. The van der Waals surface area contributed by atoms with Crippen molar-refractivity contribution >= 4 is 50.6 Å². The molecule has 4 aromatic rings. The maximum Gasteiger partial charge on any atom is 0.263 e. The van der Waals surface area contributed by atoms with Gasteiger partial charge in [-0.2, -0.15) is 0 Å². The number of carbonyl (C=O) groups excluding carboxylic acids is 1. The fourth-order valence-electron chi connectivity index (χ4n) is 3.40. The monoisotopic (exact) mass is 469 g/mol. The van der Waals surface area contributed by atoms with E-state index in [9.17, 15) is 9.59 Å². The van der Waals surface area contributed by atoms with Crippen LogP contribution < -0.4 is 5.56 Å². The molecule has 31 heavy (non-hydrogen) atoms. The quantitative estimate of drug-likeness (QED) is 0.292. The lowest BCUT2D eigenvalue weighted by Gasteiger charge is -2.19. The van der Waals surface area contributed by atoms with Crippen LogP contribution in [0.3, 0.4) is 0 Å². The summed E-state index contributed by atoms with van der Waals surface area (Å²) in [7, 11) is 3.53. The van der Waals surface area contributed by atoms with E-state index in [1.165, 1.54) is 34.2 Å². The third kappa shape index (κ3) is 4.46. The number of rotatable bonds is 6. The number of fused-ring (bicyclic) bond motifs is 1. The first kappa shape index (κ1) is 21.8. The number of nitrogens with zero attached hydrogens (tertiary/aromatic N) is 3. The molecule has 0 fully saturated rings. The first-order valence-electron chi connectivity index (χ1n) is 9.80. The van der Waals surface area contributed by atoms with Crippen molar-refractivity contribution in [2.45, 2.75) is 25.5 Å². The van der Waals surface area contributed by atoms with Gasteiger partial charge in [-0.25, -0.2) is 4.98 Å². The fourth-order valence-corrected chi connectivity index (χ4v) is 6.11. The molecule has 0 spiro atoms. The molecule has 0 aliphatic rings. The van der Waals surface area contributed by atoms with Crippen molar-refractivity contribution in [1.29, 1.82) is 0 Å². The van der Waals surface area contributed by atoms with Gasteiger partial charge in [0.05, 0.1) is 11.1 Å². The first-order valence-corrected chi connectivity index (χ1v) is 12.5. The molecule has 0 N–H and O–H groups in total. The Hall–Kier alpha value is -2.42. The summed E-state index contributed by atoms with van der Waals surface area (Å²) >= 11 is 4.38. The summed E-state index contributed by atoms with van der Waals surface area (Å²) < 4.78 is 1.55. The average Bonchev–Trinajstić information content (AvgIpc) is 3.41. The Kier molecular flexibility index (Phi) is 6.31. The van der Waals surface area contributed by atoms with Crippen molar-refractivity contribution in [3.05, 3.63) is 68.1 Å². The molecule has 1 aromatic carbocycles. The highest BCUT2D eigenvalue weighted by atomic mass is 32.2. The second kappa shape index (κ2) is 8.98. The molecular weight excluding hydrogens is 446 g/mol. The molecule has 3 heterocycles. The lowest BCUT2D eigenvalue weighted by Crippen LogP contribution is -2.28. The molecular formula is C23H23N3O2S3. The molecule has 0 unspecified atom stereocenters. The van der Waals surface area contributed by atoms with Crippen molar-refractivity contribution < 1.29 is 4.79 Å². The lowest BCUT2D eigenvalue weighted by atomic mass is 10.1. The van der Waals surface area contributed by atoms with Gasteiger partial charge in [0.15, 0.2) is 5.16 Å². The number of thiophene rings is 2. The van der Waals surface area contributed by atoms with E-state index >= 15 is 0 Å². The summed E-state index contributed by atoms with van der Waals surface area (Å²) in [6.07, 6.45) is 0. The summed E-state index contributed by atoms with van der Waals surface area (Å²) in [6, 6.07) is 10.3. The summed E-state index contributed by atoms with van der Waals surface area (Å²) in [4.78, 5) is 33.9. The standard InChI is InChI=1S/C23H23N3O2S3/c1-14-7-8-16(15(2)10-14)11-25(3)19(27)13-31-23-24-21-20(22(28)26(23)4)17(12-30-21)18-6-5-9-29-18/h5-10,12H,11,13H2,1-4H3. The van der Waals surface area contributed by atoms with Gasteiger partial charge < -0.3 is 4.90 Å². The van der Waals surface area contributed by atoms with E-state index in [2.05, 4.69) is 37.0 Å². The van der Waals surface area contributed by atoms with Crippen LogP contribution >= 0.6 is 34.4 Å². The van der Waals surface area contributed by atoms with Crippen molar-refractivity contribution in [2.24, 2.45) is 7.05 Å². The summed E-state index contributed by atoms with van der Waals surface area (Å²) in [5, 5.41) is 5.20. The van der Waals surface area contributed by atoms with E-state index in [1.807, 2.05) is 29.9 Å². The Morgan fingerprint density at radius 3 is 2.74 bits per heavy atom. The Bertz CT molecular complexity index is 1310. The Morgan fingerprint density at radius 2 is 2.03 bits per heavy atom. The van der Waals surface area contributed by atoms with Crippen LogP contribution in [0.15, 0.2) is 51.0 Å². The van der Waals surface area contributed by atoms with E-state index in [4.69, 9.17) is 0 Å². The van der Waals surface area contributed by atoms with Gasteiger partial charge in [-0.15, -0.1) is 22.7 Å². The Morgan fingerprint density at radius 1 is 1.23 bits per heavy atom. The normalized spacial score (nSPS) is 11.2. The highest BCUT2D eigenvalue weighted by Gasteiger charge is 2.18. The minimum absolute atomic E-state index is 0.00442. The molecule has 4 rings (SSSR count). The Labute approximate surface area is 193 Å². The van der Waals surface area contributed by atoms with Crippen LogP contribution in [0.1, 0.15) is 16.7 Å². The van der Waals surface area contributed by atoms with Gasteiger partial charge in [-0.05, 0) is 36.4 Å². The van der Waals surface area contributed by atoms with Gasteiger partial charge in [-0.3, -0.25) is 14.2 Å². The van der Waals surface area contributed by atoms with Crippen LogP contribution in [0.25, 0.3) is 20.7 Å². The smallest absolute Gasteiger partial charge is 0.263 e. The van der Waals surface area contributed by atoms with Crippen molar-refractivity contribution in [1.82, 2.24) is 14.5 Å². The molecule has 0 atom stereocenters. The zero-order valence-electron chi connectivity index (χ0n) is 17.8. The summed E-state index contributed by atoms with van der Waals surface area (Å²) in [5.74, 6) is 0.237. The Balaban J connectivity index is 1.50. The summed E-state index contributed by atoms with van der Waals surface area (Å²) in [5.41, 5.74) is 4.39. The molecule has 0 saturated carbocycles. The second-order valence-corrected chi connectivity index (χ2v) is 10.3. The van der Waals surface area contributed by atoms with Crippen LogP contribution in [0.4, 0.5) is 0 Å². The van der Waals surface area contributed by atoms with Gasteiger partial charge >= 0.3 is 0 Å². The number of benzene rings is 1. The second-order valence-electron chi connectivity index (χ2n) is 7.53. The molecule has 1 amide bonds. The SMILES string of the molecule is Cc1ccc(CN(C)C(=O)CSc2nc3scc(-c4cccs4)c3c(=O)n2C)c(C)c1. The van der Waals surface area contributed by atoms with Crippen LogP contribution in [-0.4, -0.2) is 33.2 Å². The molecule has 0 saturated heterocycles. The molecule has 0 bridgehead atoms. The van der Waals surface area contributed by atoms with Gasteiger partial charge in [-0.1, -0.05) is 41.6 Å². The average molecular weight is 470 g/mol. The third-order valence-electron chi connectivity index (χ3n) is 5.22. The third-order valence-corrected chi connectivity index (χ3v) is 8.01. The zero-order chi connectivity index (χ0) is 22.1. The molecule has 8 heteroatoms. The van der Waals surface area contributed by atoms with Crippen LogP contribution in [0.2, 0.25) is 0 Å². The fraction of sp³-hybridized carbons (Fsp3) is 0.261. The molecule has 0 aliphatic heterocycles. The summed E-state index contributed by atoms with van der Waals surface area (Å²) in [6.45, 7) is 4.69. The van der Waals surface area contributed by atoms with Crippen LogP contribution in [0.5, 0.6) is 0 Å². The molecule has 5 nitrogen and oxygen atoms in total. The van der Waals surface area contributed by atoms with Crippen molar-refractivity contribution in [2.75, 3.05) is 12.8 Å². The molecule has 0 aliphatic carbocycles. The highest BCUT2D eigenvalue weighted by molar-refractivity contribution is 7.99. The predicted molar refractivity (Wildman–Crippen MR) is 131 cm³/mol. The number of thioether (sulfide) groups is 1. The maximum absolute atomic E-state index is 13.0. The van der Waals surface area contributed by atoms with Crippen LogP contribution in [-0.2, 0) is 18.4 Å². The van der Waals surface area contributed by atoms with Gasteiger partial charge in [0.25, 0.3) is 5.56 Å². The zero-order valence-corrected chi connectivity index (χ0v) is 20.3. The number of hydrogen-bond donors (Lipinski definition) is 0. The number of hydrogen-bond acceptors (Lipinski definition) is 6. The topological polar surface area (TPSA) is 55.2 Å². The maximum atomic E-state index is 13.0. The van der Waals surface area contributed by atoms with Gasteiger partial charge in [0.2, 0.25) is 5.91 Å². The first-order chi connectivity index (χ1) is 14.8. The molecule has 3 aromatic heterocycles. The van der Waals surface area contributed by atoms with E-state index in [1.54, 1.807) is 27.9 Å². The van der Waals surface area contributed by atoms with Gasteiger partial charge in [0.1, 0.15) is 4.83 Å². The lowest BCUT2D eigenvalue weighted by molar-refractivity contribution is -0.127. The van der Waals surface area contributed by atoms with Crippen LogP contribution in [0, 0.1) is 13.8 Å². The number of carbonyl (C=O) groups is 1. The van der Waals surface area contributed by atoms with Crippen molar-refractivity contribution in [3.63, 3.8) is 0 Å². The van der Waals surface area contributed by atoms with Crippen molar-refractivity contribution in [3.8, 4) is 10.4 Å².